The highest BCUT2D eigenvalue weighted by molar-refractivity contribution is 8.20. The molecular weight excluding hydrogens is 268 g/mol. The van der Waals surface area contributed by atoms with E-state index >= 15 is 0 Å². The molecule has 0 saturated carbocycles. The lowest BCUT2D eigenvalue weighted by molar-refractivity contribution is 0.543. The summed E-state index contributed by atoms with van der Waals surface area (Å²) in [5.41, 5.74) is 0. The fourth-order valence-corrected chi connectivity index (χ4v) is 6.95. The maximum Gasteiger partial charge on any atom is 0.137 e. The van der Waals surface area contributed by atoms with E-state index in [-0.39, 0.29) is 0 Å². The normalized spacial score (nSPS) is 21.9. The van der Waals surface area contributed by atoms with Crippen molar-refractivity contribution in [1.82, 2.24) is 4.86 Å². The Kier molecular flexibility index (Phi) is 4.80. The van der Waals surface area contributed by atoms with Crippen LogP contribution in [0.3, 0.4) is 0 Å². The van der Waals surface area contributed by atoms with E-state index in [0.717, 1.165) is 0 Å². The summed E-state index contributed by atoms with van der Waals surface area (Å²) in [4.78, 5) is 23.1. The number of rotatable bonds is 2. The largest absolute Gasteiger partial charge is 0.353 e. The summed E-state index contributed by atoms with van der Waals surface area (Å²) in [5, 5.41) is -0.916. The van der Waals surface area contributed by atoms with Crippen LogP contribution in [0.2, 0.25) is 0 Å². The average molecular weight is 289 g/mol. The molecule has 0 aromatic carbocycles. The second kappa shape index (κ2) is 4.45. The highest BCUT2D eigenvalue weighted by Gasteiger charge is 2.39. The van der Waals surface area contributed by atoms with Crippen LogP contribution < -0.4 is 4.86 Å². The van der Waals surface area contributed by atoms with Crippen LogP contribution in [0.15, 0.2) is 0 Å². The zero-order valence-corrected chi connectivity index (χ0v) is 13.5. The maximum absolute atomic E-state index is 10.2. The highest BCUT2D eigenvalue weighted by atomic mass is 32.5. The Balaban J connectivity index is 5.08. The van der Waals surface area contributed by atoms with Gasteiger partial charge >= 0.3 is 0 Å². The van der Waals surface area contributed by atoms with Gasteiger partial charge in [0.1, 0.15) is 12.8 Å². The van der Waals surface area contributed by atoms with Crippen molar-refractivity contribution in [1.29, 1.82) is 0 Å². The maximum atomic E-state index is 10.2. The summed E-state index contributed by atoms with van der Waals surface area (Å²) in [6.07, 6.45) is -5.63. The van der Waals surface area contributed by atoms with Crippen molar-refractivity contribution >= 4 is 36.4 Å². The van der Waals surface area contributed by atoms with Crippen LogP contribution in [0.4, 0.5) is 0 Å². The smallest absolute Gasteiger partial charge is 0.137 e. The molecule has 3 N–H and O–H groups in total. The van der Waals surface area contributed by atoms with Gasteiger partial charge < -0.3 is 9.79 Å². The van der Waals surface area contributed by atoms with Crippen molar-refractivity contribution in [3.63, 3.8) is 0 Å². The SMILES string of the molecule is CC(C)(C)P(O)(=S)NP(O)(=S)C(C)(C)C. The molecule has 2 atom stereocenters. The van der Waals surface area contributed by atoms with Crippen LogP contribution in [-0.4, -0.2) is 20.1 Å². The molecule has 0 amide bonds. The molecule has 92 valence electrons. The van der Waals surface area contributed by atoms with Crippen LogP contribution in [0, 0.1) is 0 Å². The Hall–Kier alpha value is 1.18. The summed E-state index contributed by atoms with van der Waals surface area (Å²) in [6, 6.07) is 0. The van der Waals surface area contributed by atoms with E-state index in [1.807, 2.05) is 41.5 Å². The topological polar surface area (TPSA) is 52.5 Å². The van der Waals surface area contributed by atoms with Gasteiger partial charge in [0, 0.05) is 10.3 Å². The van der Waals surface area contributed by atoms with Gasteiger partial charge in [0.25, 0.3) is 0 Å². The lowest BCUT2D eigenvalue weighted by Gasteiger charge is -2.38. The van der Waals surface area contributed by atoms with Gasteiger partial charge in [0.2, 0.25) is 0 Å². The van der Waals surface area contributed by atoms with Gasteiger partial charge in [-0.25, -0.2) is 4.86 Å². The molecule has 0 bridgehead atoms. The van der Waals surface area contributed by atoms with E-state index in [0.29, 0.717) is 0 Å². The van der Waals surface area contributed by atoms with Gasteiger partial charge in [-0.1, -0.05) is 41.5 Å². The van der Waals surface area contributed by atoms with Crippen molar-refractivity contribution in [3.05, 3.63) is 0 Å². The summed E-state index contributed by atoms with van der Waals surface area (Å²) in [7, 11) is 0. The Labute approximate surface area is 103 Å². The lowest BCUT2D eigenvalue weighted by Crippen LogP contribution is -2.29. The first-order valence-corrected chi connectivity index (χ1v) is 10.2. The van der Waals surface area contributed by atoms with Crippen molar-refractivity contribution in [2.24, 2.45) is 0 Å². The second-order valence-electron chi connectivity index (χ2n) is 5.59. The van der Waals surface area contributed by atoms with E-state index in [4.69, 9.17) is 23.6 Å². The lowest BCUT2D eigenvalue weighted by atomic mass is 10.3. The fourth-order valence-electron chi connectivity index (χ4n) is 0.484. The first-order valence-electron chi connectivity index (χ1n) is 4.66. The van der Waals surface area contributed by atoms with Crippen LogP contribution in [-0.2, 0) is 23.6 Å². The molecular formula is C8H21NO2P2S2. The first kappa shape index (κ1) is 16.2. The van der Waals surface area contributed by atoms with Crippen LogP contribution in [0.1, 0.15) is 41.5 Å². The molecule has 0 aromatic rings. The summed E-state index contributed by atoms with van der Waals surface area (Å²) in [6.45, 7) is 11.1. The molecule has 0 heterocycles. The van der Waals surface area contributed by atoms with Crippen molar-refractivity contribution < 1.29 is 9.79 Å². The standard InChI is InChI=1S/C8H21NO2P2S2/c1-7(2,3)12(10,14)9-13(11,15)8(4,5)6/h1-6H3,(H3,9,10,11,14,15). The Morgan fingerprint density at radius 1 is 0.800 bits per heavy atom. The van der Waals surface area contributed by atoms with Gasteiger partial charge in [-0.15, -0.1) is 0 Å². The quantitative estimate of drug-likeness (QED) is 0.683. The van der Waals surface area contributed by atoms with Crippen molar-refractivity contribution in [2.45, 2.75) is 51.9 Å². The van der Waals surface area contributed by atoms with Gasteiger partial charge in [0.05, 0.1) is 0 Å². The zero-order chi connectivity index (χ0) is 12.7. The molecule has 3 nitrogen and oxygen atoms in total. The van der Waals surface area contributed by atoms with Crippen LogP contribution in [0.25, 0.3) is 0 Å². The Bertz CT molecular complexity index is 299. The molecule has 0 fully saturated rings. The van der Waals surface area contributed by atoms with Crippen LogP contribution >= 0.6 is 12.8 Å². The number of nitrogens with one attached hydrogen (secondary N) is 1. The third kappa shape index (κ3) is 4.16. The monoisotopic (exact) mass is 289 g/mol. The molecule has 0 aliphatic heterocycles. The number of hydrogen-bond donors (Lipinski definition) is 3. The second-order valence-corrected chi connectivity index (χ2v) is 14.6. The van der Waals surface area contributed by atoms with Gasteiger partial charge in [-0.05, 0) is 23.6 Å². The van der Waals surface area contributed by atoms with Crippen molar-refractivity contribution in [2.75, 3.05) is 0 Å². The molecule has 0 aromatic heterocycles. The minimum atomic E-state index is -2.82. The van der Waals surface area contributed by atoms with Gasteiger partial charge in [0.15, 0.2) is 0 Å². The van der Waals surface area contributed by atoms with E-state index < -0.39 is 23.1 Å². The fraction of sp³-hybridized carbons (Fsp3) is 1.00. The Morgan fingerprint density at radius 2 is 1.00 bits per heavy atom. The van der Waals surface area contributed by atoms with Gasteiger partial charge in [-0.3, -0.25) is 0 Å². The zero-order valence-electron chi connectivity index (χ0n) is 10.1. The third-order valence-corrected chi connectivity index (χ3v) is 12.7. The minimum Gasteiger partial charge on any atom is -0.353 e. The van der Waals surface area contributed by atoms with E-state index in [2.05, 4.69) is 4.86 Å². The molecule has 0 rings (SSSR count). The molecule has 0 aliphatic carbocycles. The third-order valence-electron chi connectivity index (χ3n) is 2.09. The minimum absolute atomic E-state index is 0.458. The summed E-state index contributed by atoms with van der Waals surface area (Å²) >= 11 is 10.3. The summed E-state index contributed by atoms with van der Waals surface area (Å²) in [5.74, 6) is 0. The van der Waals surface area contributed by atoms with Gasteiger partial charge in [-0.2, -0.15) is 0 Å². The molecule has 7 heteroatoms. The van der Waals surface area contributed by atoms with E-state index in [1.54, 1.807) is 0 Å². The Morgan fingerprint density at radius 3 is 1.13 bits per heavy atom. The molecule has 0 spiro atoms. The molecule has 0 saturated heterocycles. The first-order chi connectivity index (χ1) is 6.21. The van der Waals surface area contributed by atoms with E-state index in [1.165, 1.54) is 0 Å². The predicted octanol–water partition coefficient (Wildman–Crippen LogP) is 2.78. The van der Waals surface area contributed by atoms with Crippen LogP contribution in [0.5, 0.6) is 0 Å². The molecule has 2 unspecified atom stereocenters. The average Bonchev–Trinajstić information content (AvgIpc) is 1.77. The highest BCUT2D eigenvalue weighted by Crippen LogP contribution is 2.63. The molecule has 0 aliphatic rings. The summed E-state index contributed by atoms with van der Waals surface area (Å²) < 4.78 is 0. The molecule has 0 radical (unpaired) electrons. The van der Waals surface area contributed by atoms with E-state index in [9.17, 15) is 9.79 Å². The predicted molar refractivity (Wildman–Crippen MR) is 75.6 cm³/mol. The molecule has 15 heavy (non-hydrogen) atoms. The number of hydrogen-bond acceptors (Lipinski definition) is 2. The van der Waals surface area contributed by atoms with Crippen molar-refractivity contribution in [3.8, 4) is 0 Å².